The van der Waals surface area contributed by atoms with Gasteiger partial charge in [0.2, 0.25) is 0 Å². The molecule has 0 aliphatic heterocycles. The molecule has 0 spiro atoms. The number of rotatable bonds is 6. The Hall–Kier alpha value is -1.54. The first-order valence-corrected chi connectivity index (χ1v) is 6.89. The molecule has 1 aromatic carbocycles. The molecule has 4 nitrogen and oxygen atoms in total. The molecule has 0 saturated heterocycles. The van der Waals surface area contributed by atoms with Gasteiger partial charge in [0.1, 0.15) is 0 Å². The van der Waals surface area contributed by atoms with Crippen molar-refractivity contribution in [1.82, 2.24) is 0 Å². The Morgan fingerprint density at radius 3 is 2.68 bits per heavy atom. The van der Waals surface area contributed by atoms with Crippen LogP contribution in [0, 0.1) is 17.2 Å². The first-order chi connectivity index (χ1) is 8.95. The van der Waals surface area contributed by atoms with E-state index in [1.807, 2.05) is 0 Å². The predicted molar refractivity (Wildman–Crippen MR) is 78.4 cm³/mol. The number of hydrogen-bond acceptors (Lipinski definition) is 3. The number of aromatic carboxylic acids is 1. The van der Waals surface area contributed by atoms with Crippen LogP contribution in [-0.4, -0.2) is 24.2 Å². The van der Waals surface area contributed by atoms with E-state index < -0.39 is 5.97 Å². The van der Waals surface area contributed by atoms with Crippen molar-refractivity contribution in [3.63, 3.8) is 0 Å². The van der Waals surface area contributed by atoms with Crippen LogP contribution in [-0.2, 0) is 0 Å². The maximum atomic E-state index is 11.0. The lowest BCUT2D eigenvalue weighted by atomic mass is 10.1. The van der Waals surface area contributed by atoms with E-state index in [9.17, 15) is 4.79 Å². The number of nitrogens with zero attached hydrogens (tertiary/aromatic N) is 2. The molecule has 0 bridgehead atoms. The average molecular weight is 325 g/mol. The number of carboxylic acids is 1. The zero-order valence-corrected chi connectivity index (χ0v) is 12.6. The van der Waals surface area contributed by atoms with Gasteiger partial charge in [0.05, 0.1) is 18.1 Å². The van der Waals surface area contributed by atoms with Gasteiger partial charge >= 0.3 is 5.97 Å². The van der Waals surface area contributed by atoms with Crippen LogP contribution < -0.4 is 4.90 Å². The second kappa shape index (κ2) is 7.15. The Bertz CT molecular complexity index is 495. The lowest BCUT2D eigenvalue weighted by Crippen LogP contribution is -2.28. The van der Waals surface area contributed by atoms with Gasteiger partial charge in [-0.25, -0.2) is 4.79 Å². The lowest BCUT2D eigenvalue weighted by Gasteiger charge is -2.26. The summed E-state index contributed by atoms with van der Waals surface area (Å²) in [4.78, 5) is 13.1. The normalized spacial score (nSPS) is 10.3. The fraction of sp³-hybridized carbons (Fsp3) is 0.429. The summed E-state index contributed by atoms with van der Waals surface area (Å²) in [7, 11) is 0. The maximum Gasteiger partial charge on any atom is 0.336 e. The molecular formula is C14H17BrN2O2. The first-order valence-electron chi connectivity index (χ1n) is 6.10. The third kappa shape index (κ3) is 4.56. The third-order valence-electron chi connectivity index (χ3n) is 2.63. The Morgan fingerprint density at radius 2 is 2.21 bits per heavy atom. The number of carboxylic acid groups (broad SMARTS) is 1. The summed E-state index contributed by atoms with van der Waals surface area (Å²) >= 11 is 3.28. The molecule has 19 heavy (non-hydrogen) atoms. The highest BCUT2D eigenvalue weighted by molar-refractivity contribution is 9.10. The fourth-order valence-corrected chi connectivity index (χ4v) is 2.36. The summed E-state index contributed by atoms with van der Waals surface area (Å²) in [5, 5.41) is 17.7. The molecule has 1 aromatic rings. The van der Waals surface area contributed by atoms with Gasteiger partial charge in [0.25, 0.3) is 0 Å². The number of halogens is 1. The summed E-state index contributed by atoms with van der Waals surface area (Å²) in [6, 6.07) is 7.30. The van der Waals surface area contributed by atoms with Gasteiger partial charge in [-0.1, -0.05) is 13.8 Å². The van der Waals surface area contributed by atoms with E-state index in [2.05, 4.69) is 40.7 Å². The summed E-state index contributed by atoms with van der Waals surface area (Å²) in [6.07, 6.45) is 0.449. The minimum atomic E-state index is -0.953. The standard InChI is InChI=1S/C14H17BrN2O2/c1-10(2)9-17(7-3-6-16)11-4-5-12(14(18)19)13(15)8-11/h4-5,8,10H,3,7,9H2,1-2H3,(H,18,19). The average Bonchev–Trinajstić information content (AvgIpc) is 2.33. The molecule has 1 rings (SSSR count). The van der Waals surface area contributed by atoms with E-state index in [1.165, 1.54) is 0 Å². The summed E-state index contributed by atoms with van der Waals surface area (Å²) in [5.74, 6) is -0.484. The van der Waals surface area contributed by atoms with Crippen molar-refractivity contribution in [1.29, 1.82) is 5.26 Å². The summed E-state index contributed by atoms with van der Waals surface area (Å²) in [6.45, 7) is 5.70. The number of carbonyl (C=O) groups is 1. The highest BCUT2D eigenvalue weighted by Gasteiger charge is 2.13. The molecule has 0 saturated carbocycles. The molecule has 0 aliphatic carbocycles. The van der Waals surface area contributed by atoms with Gasteiger partial charge in [-0.15, -0.1) is 0 Å². The van der Waals surface area contributed by atoms with E-state index >= 15 is 0 Å². The second-order valence-corrected chi connectivity index (χ2v) is 5.57. The molecule has 1 N–H and O–H groups in total. The van der Waals surface area contributed by atoms with Crippen molar-refractivity contribution in [2.45, 2.75) is 20.3 Å². The van der Waals surface area contributed by atoms with Crippen molar-refractivity contribution in [3.8, 4) is 6.07 Å². The lowest BCUT2D eigenvalue weighted by molar-refractivity contribution is 0.0696. The molecule has 0 atom stereocenters. The predicted octanol–water partition coefficient (Wildman–Crippen LogP) is 3.52. The molecule has 5 heteroatoms. The molecule has 0 aliphatic rings. The Morgan fingerprint density at radius 1 is 1.53 bits per heavy atom. The zero-order chi connectivity index (χ0) is 14.4. The molecule has 0 aromatic heterocycles. The molecule has 0 amide bonds. The molecule has 0 fully saturated rings. The van der Waals surface area contributed by atoms with Crippen molar-refractivity contribution in [3.05, 3.63) is 28.2 Å². The minimum Gasteiger partial charge on any atom is -0.478 e. The Kier molecular flexibility index (Phi) is 5.84. The van der Waals surface area contributed by atoms with Gasteiger partial charge in [0.15, 0.2) is 0 Å². The summed E-state index contributed by atoms with van der Waals surface area (Å²) < 4.78 is 0.559. The highest BCUT2D eigenvalue weighted by atomic mass is 79.9. The van der Waals surface area contributed by atoms with Crippen LogP contribution >= 0.6 is 15.9 Å². The SMILES string of the molecule is CC(C)CN(CCC#N)c1ccc(C(=O)O)c(Br)c1. The quantitative estimate of drug-likeness (QED) is 0.869. The van der Waals surface area contributed by atoms with Gasteiger partial charge < -0.3 is 10.0 Å². The van der Waals surface area contributed by atoms with Crippen LogP contribution in [0.3, 0.4) is 0 Å². The van der Waals surface area contributed by atoms with E-state index in [-0.39, 0.29) is 5.56 Å². The first kappa shape index (κ1) is 15.5. The van der Waals surface area contributed by atoms with E-state index in [4.69, 9.17) is 10.4 Å². The maximum absolute atomic E-state index is 11.0. The van der Waals surface area contributed by atoms with Gasteiger partial charge in [-0.3, -0.25) is 0 Å². The fourth-order valence-electron chi connectivity index (χ4n) is 1.83. The number of anilines is 1. The van der Waals surface area contributed by atoms with Crippen molar-refractivity contribution < 1.29 is 9.90 Å². The van der Waals surface area contributed by atoms with Crippen LogP contribution in [0.25, 0.3) is 0 Å². The minimum absolute atomic E-state index is 0.244. The summed E-state index contributed by atoms with van der Waals surface area (Å²) in [5.41, 5.74) is 1.18. The zero-order valence-electron chi connectivity index (χ0n) is 11.1. The number of nitriles is 1. The van der Waals surface area contributed by atoms with Crippen LogP contribution in [0.5, 0.6) is 0 Å². The van der Waals surface area contributed by atoms with Crippen LogP contribution in [0.4, 0.5) is 5.69 Å². The van der Waals surface area contributed by atoms with Crippen molar-refractivity contribution >= 4 is 27.6 Å². The van der Waals surface area contributed by atoms with Gasteiger partial charge in [0, 0.05) is 23.2 Å². The highest BCUT2D eigenvalue weighted by Crippen LogP contribution is 2.25. The smallest absolute Gasteiger partial charge is 0.336 e. The molecule has 0 unspecified atom stereocenters. The van der Waals surface area contributed by atoms with Gasteiger partial charge in [-0.2, -0.15) is 5.26 Å². The van der Waals surface area contributed by atoms with Crippen LogP contribution in [0.15, 0.2) is 22.7 Å². The largest absolute Gasteiger partial charge is 0.478 e. The van der Waals surface area contributed by atoms with Crippen molar-refractivity contribution in [2.24, 2.45) is 5.92 Å². The molecule has 0 radical (unpaired) electrons. The van der Waals surface area contributed by atoms with E-state index in [1.54, 1.807) is 18.2 Å². The number of hydrogen-bond donors (Lipinski definition) is 1. The Balaban J connectivity index is 2.99. The van der Waals surface area contributed by atoms with Crippen molar-refractivity contribution in [2.75, 3.05) is 18.0 Å². The van der Waals surface area contributed by atoms with E-state index in [0.717, 1.165) is 12.2 Å². The number of benzene rings is 1. The van der Waals surface area contributed by atoms with Crippen LogP contribution in [0.1, 0.15) is 30.6 Å². The Labute approximate surface area is 121 Å². The molecule has 0 heterocycles. The monoisotopic (exact) mass is 324 g/mol. The topological polar surface area (TPSA) is 64.3 Å². The third-order valence-corrected chi connectivity index (χ3v) is 3.28. The van der Waals surface area contributed by atoms with Gasteiger partial charge in [-0.05, 0) is 40.0 Å². The molecular weight excluding hydrogens is 308 g/mol. The van der Waals surface area contributed by atoms with E-state index in [0.29, 0.717) is 23.4 Å². The van der Waals surface area contributed by atoms with Crippen LogP contribution in [0.2, 0.25) is 0 Å². The second-order valence-electron chi connectivity index (χ2n) is 4.72. The molecule has 102 valence electrons.